The fourth-order valence-corrected chi connectivity index (χ4v) is 13.8. The summed E-state index contributed by atoms with van der Waals surface area (Å²) in [6, 6.07) is -9.33. The average Bonchev–Trinajstić information content (AvgIpc) is 1.16. The summed E-state index contributed by atoms with van der Waals surface area (Å²) in [5.41, 5.74) is 29.9. The number of halogens is 3. The van der Waals surface area contributed by atoms with Crippen molar-refractivity contribution in [2.24, 2.45) is 52.3 Å². The summed E-state index contributed by atoms with van der Waals surface area (Å²) in [6.45, 7) is 12.2. The highest BCUT2D eigenvalue weighted by Crippen LogP contribution is 2.18. The Morgan fingerprint density at radius 3 is 1.12 bits per heavy atom. The van der Waals surface area contributed by atoms with Crippen molar-refractivity contribution in [3.63, 3.8) is 0 Å². The lowest BCUT2D eigenvalue weighted by atomic mass is 9.98. The van der Waals surface area contributed by atoms with E-state index in [9.17, 15) is 129 Å². The molecule has 55 heteroatoms. The highest BCUT2D eigenvalue weighted by atomic mass is 19.4. The van der Waals surface area contributed by atoms with Crippen molar-refractivity contribution in [2.75, 3.05) is 26.2 Å². The Kier molecular flexibility index (Phi) is 54.6. The number of aromatic nitrogens is 4. The zero-order valence-electron chi connectivity index (χ0n) is 82.1. The summed E-state index contributed by atoms with van der Waals surface area (Å²) in [7, 11) is 0. The van der Waals surface area contributed by atoms with Gasteiger partial charge in [-0.1, -0.05) is 116 Å². The van der Waals surface area contributed by atoms with Crippen LogP contribution in [0, 0.1) is 23.7 Å². The van der Waals surface area contributed by atoms with E-state index in [1.807, 2.05) is 0 Å². The maximum Gasteiger partial charge on any atom is 0.490 e. The number of hydrogen-bond acceptors (Lipinski definition) is 28. The molecule has 52 nitrogen and oxygen atoms in total. The molecular formula is C91H136F3N25O27. The molecule has 0 radical (unpaired) electrons. The number of nitrogens with zero attached hydrogens (tertiary/aromatic N) is 2. The zero-order chi connectivity index (χ0) is 110. The predicted octanol–water partition coefficient (Wildman–Crippen LogP) is -6.40. The topological polar surface area (TPSA) is 857 Å². The number of alkyl halides is 3. The van der Waals surface area contributed by atoms with E-state index in [4.69, 9.17) is 38.6 Å². The average molecular weight is 2070 g/mol. The first-order valence-electron chi connectivity index (χ1n) is 46.8. The fourth-order valence-electron chi connectivity index (χ4n) is 13.8. The van der Waals surface area contributed by atoms with E-state index in [0.717, 1.165) is 6.92 Å². The third-order valence-electron chi connectivity index (χ3n) is 21.9. The van der Waals surface area contributed by atoms with Gasteiger partial charge in [-0.05, 0) is 113 Å². The highest BCUT2D eigenvalue weighted by molar-refractivity contribution is 6.02. The van der Waals surface area contributed by atoms with Crippen LogP contribution in [-0.4, -0.2) is 305 Å². The first-order chi connectivity index (χ1) is 68.6. The molecule has 0 spiro atoms. The number of hydrogen-bond donors (Lipinski definition) is 28. The minimum atomic E-state index is -5.08. The molecule has 808 valence electrons. The van der Waals surface area contributed by atoms with Crippen molar-refractivity contribution in [1.29, 1.82) is 0 Å². The molecule has 0 aliphatic rings. The quantitative estimate of drug-likeness (QED) is 0.0183. The second-order valence-electron chi connectivity index (χ2n) is 35.6. The second kappa shape index (κ2) is 63.8. The minimum Gasteiger partial charge on any atom is -0.481 e. The number of aromatic amines is 2. The number of nitrogens with one attached hydrogen (secondary N) is 18. The van der Waals surface area contributed by atoms with Gasteiger partial charge in [0.2, 0.25) is 106 Å². The summed E-state index contributed by atoms with van der Waals surface area (Å²) >= 11 is 0. The van der Waals surface area contributed by atoms with Gasteiger partial charge in [-0.2, -0.15) is 13.2 Å². The van der Waals surface area contributed by atoms with Crippen LogP contribution in [0.4, 0.5) is 13.2 Å². The number of primary amides is 2. The summed E-state index contributed by atoms with van der Waals surface area (Å²) in [4.78, 5) is 310. The van der Waals surface area contributed by atoms with Crippen molar-refractivity contribution in [3.8, 4) is 0 Å². The Morgan fingerprint density at radius 1 is 0.370 bits per heavy atom. The van der Waals surface area contributed by atoms with E-state index in [1.165, 1.54) is 38.9 Å². The van der Waals surface area contributed by atoms with Crippen LogP contribution in [0.1, 0.15) is 168 Å². The fraction of sp³-hybridized carbons (Fsp3) is 0.560. The monoisotopic (exact) mass is 2070 g/mol. The molecule has 0 bridgehead atoms. The Bertz CT molecular complexity index is 5020. The lowest BCUT2D eigenvalue weighted by Gasteiger charge is -2.30. The number of carbonyl (C=O) groups is 22. The van der Waals surface area contributed by atoms with E-state index in [-0.39, 0.29) is 88.4 Å². The lowest BCUT2D eigenvalue weighted by Crippen LogP contribution is -2.62. The standard InChI is InChI=1S/C89H135N25O25.C2HF3O2/c1-45(2)32-58(106-75(124)54(24-16-18-30-90)103-76(125)55(26-28-66(92)116)104-80(129)61(35-52-39-95-43-98-52)108-81(130)62(36-53-40-96-44-99-53)111-86(135)71(94)46(3)4)83(132)114-73(48(7)8)88(137)112-60(34-51-22-14-11-15-23-51)79(128)107-59(33-50-20-12-10-13-21-50)78(127)100-49(9)74(123)102-56(27-29-69(119)120)77(126)110-64(38-70(121)122)84(133)113-72(47(5)6)87(136)97-41-68(118)101-65(42-115)85(134)109-63(37-67(93)117)82(131)105-57(89(138)139)25-17-19-31-91;3-2(4,5)1(6)7/h10-15,20-23,39-40,43-49,54-65,71-73,115H,16-19,24-38,41-42,90-91,94H2,1-9H3,(H2,92,116)(H2,93,117)(H,95,98)(H,96,99)(H,97,136)(H,100,127)(H,101,118)(H,102,123)(H,103,125)(H,104,129)(H,105,131)(H,106,124)(H,107,128)(H,108,130)(H,109,134)(H,110,126)(H,111,135)(H,112,137)(H,113,133)(H,114,132)(H,119,120)(H,121,122)(H,138,139);(H,6,7)/t49-,54-,55-,56-,57-,58-,59-,60-,61-,62-,63-,64-,65-,71-,72-,73-;/m0./s1. The van der Waals surface area contributed by atoms with Crippen molar-refractivity contribution >= 4 is 130 Å². The molecule has 2 aromatic carbocycles. The van der Waals surface area contributed by atoms with E-state index in [0.29, 0.717) is 29.7 Å². The summed E-state index contributed by atoms with van der Waals surface area (Å²) in [5, 5.41) is 85.7. The van der Waals surface area contributed by atoms with Gasteiger partial charge in [0.15, 0.2) is 0 Å². The number of carboxylic acids is 4. The molecule has 2 aromatic heterocycles. The Morgan fingerprint density at radius 2 is 0.726 bits per heavy atom. The molecule has 18 amide bonds. The van der Waals surface area contributed by atoms with Gasteiger partial charge >= 0.3 is 30.1 Å². The maximum absolute atomic E-state index is 15.1. The van der Waals surface area contributed by atoms with Crippen LogP contribution in [0.3, 0.4) is 0 Å². The molecule has 4 aromatic rings. The smallest absolute Gasteiger partial charge is 0.481 e. The minimum absolute atomic E-state index is 0.0760. The van der Waals surface area contributed by atoms with Gasteiger partial charge < -0.3 is 149 Å². The molecule has 33 N–H and O–H groups in total. The van der Waals surface area contributed by atoms with Crippen molar-refractivity contribution in [1.82, 2.24) is 105 Å². The number of H-pyrrole nitrogens is 2. The Balaban J connectivity index is 0.00000752. The van der Waals surface area contributed by atoms with Gasteiger partial charge in [0, 0.05) is 50.9 Å². The van der Waals surface area contributed by atoms with E-state index in [1.54, 1.807) is 102 Å². The Labute approximate surface area is 837 Å². The van der Waals surface area contributed by atoms with Crippen molar-refractivity contribution in [2.45, 2.75) is 274 Å². The number of rotatable bonds is 65. The SMILES string of the molecule is CC(C)C[C@H](NC(=O)[C@H](CCCCN)NC(=O)[C@H](CCC(N)=O)NC(=O)[C@H](Cc1c[nH]cn1)NC(=O)[C@H](Cc1c[nH]cn1)NC(=O)[C@@H](N)C(C)C)C(=O)N[C@H](C(=O)N[C@@H](Cc1ccccc1)C(=O)N[C@@H](Cc1ccccc1)C(=O)N[C@@H](C)C(=O)N[C@@H](CCC(=O)O)C(=O)N[C@@H](CC(=O)O)C(=O)N[C@H](C(=O)NCC(=O)N[C@@H](CO)C(=O)N[C@@H](CC(N)=O)C(=O)N[C@@H](CCCCN)C(=O)O)C(C)C)C(C)C.O=C(O)C(F)(F)F. The van der Waals surface area contributed by atoms with Gasteiger partial charge in [0.1, 0.15) is 90.6 Å². The number of carbonyl (C=O) groups excluding carboxylic acids is 18. The van der Waals surface area contributed by atoms with Crippen LogP contribution in [-0.2, 0) is 131 Å². The third kappa shape index (κ3) is 46.9. The summed E-state index contributed by atoms with van der Waals surface area (Å²) in [5.74, 6) is -28.7. The molecule has 2 heterocycles. The molecule has 0 saturated heterocycles. The van der Waals surface area contributed by atoms with Crippen molar-refractivity contribution in [3.05, 3.63) is 108 Å². The molecule has 4 rings (SSSR count). The van der Waals surface area contributed by atoms with Gasteiger partial charge in [0.05, 0.1) is 56.1 Å². The predicted molar refractivity (Wildman–Crippen MR) is 510 cm³/mol. The lowest BCUT2D eigenvalue weighted by molar-refractivity contribution is -0.192. The Hall–Kier alpha value is -15.2. The summed E-state index contributed by atoms with van der Waals surface area (Å²) in [6.07, 6.45) is -4.06. The van der Waals surface area contributed by atoms with Crippen LogP contribution in [0.15, 0.2) is 85.7 Å². The number of carboxylic acid groups (broad SMARTS) is 4. The first kappa shape index (κ1) is 125. The zero-order valence-corrected chi connectivity index (χ0v) is 82.1. The van der Waals surface area contributed by atoms with Gasteiger partial charge in [-0.3, -0.25) is 95.9 Å². The normalized spacial score (nSPS) is 14.5. The molecule has 0 saturated carbocycles. The number of benzene rings is 2. The van der Waals surface area contributed by atoms with Gasteiger partial charge in [-0.15, -0.1) is 0 Å². The number of amides is 18. The number of nitrogens with two attached hydrogens (primary N) is 5. The number of unbranched alkanes of at least 4 members (excludes halogenated alkanes) is 2. The van der Waals surface area contributed by atoms with Crippen molar-refractivity contribution < 1.29 is 144 Å². The highest BCUT2D eigenvalue weighted by Gasteiger charge is 2.42. The van der Waals surface area contributed by atoms with Crippen LogP contribution in [0.2, 0.25) is 0 Å². The second-order valence-corrected chi connectivity index (χ2v) is 35.6. The first-order valence-corrected chi connectivity index (χ1v) is 46.8. The third-order valence-corrected chi connectivity index (χ3v) is 21.9. The van der Waals surface area contributed by atoms with Gasteiger partial charge in [0.25, 0.3) is 0 Å². The van der Waals surface area contributed by atoms with Crippen LogP contribution in [0.5, 0.6) is 0 Å². The number of aliphatic hydroxyl groups is 1. The number of aliphatic carboxylic acids is 4. The van der Waals surface area contributed by atoms with E-state index in [2.05, 4.69) is 105 Å². The molecule has 0 aliphatic carbocycles. The van der Waals surface area contributed by atoms with Crippen LogP contribution < -0.4 is 114 Å². The molecule has 16 atom stereocenters. The maximum atomic E-state index is 15.1. The summed E-state index contributed by atoms with van der Waals surface area (Å²) < 4.78 is 31.7. The van der Waals surface area contributed by atoms with Gasteiger partial charge in [-0.25, -0.2) is 19.6 Å². The van der Waals surface area contributed by atoms with Crippen LogP contribution >= 0.6 is 0 Å². The van der Waals surface area contributed by atoms with Crippen LogP contribution in [0.25, 0.3) is 0 Å². The molecule has 0 unspecified atom stereocenters. The van der Waals surface area contributed by atoms with E-state index >= 15 is 4.79 Å². The molecular weight excluding hydrogens is 1930 g/mol. The van der Waals surface area contributed by atoms with E-state index < -0.39 is 297 Å². The number of aliphatic hydroxyl groups excluding tert-OH is 1. The largest absolute Gasteiger partial charge is 0.490 e. The molecule has 146 heavy (non-hydrogen) atoms. The molecule has 0 fully saturated rings. The number of imidazole rings is 2. The molecule has 0 aliphatic heterocycles.